The Labute approximate surface area is 87.5 Å². The highest BCUT2D eigenvalue weighted by molar-refractivity contribution is 5.73. The molecule has 2 heterocycles. The Morgan fingerprint density at radius 1 is 1.67 bits per heavy atom. The Bertz CT molecular complexity index is 361. The van der Waals surface area contributed by atoms with E-state index in [2.05, 4.69) is 10.3 Å². The second-order valence-corrected chi connectivity index (χ2v) is 3.83. The molecule has 0 saturated carbocycles. The van der Waals surface area contributed by atoms with Crippen molar-refractivity contribution in [1.29, 1.82) is 0 Å². The third-order valence-electron chi connectivity index (χ3n) is 2.68. The van der Waals surface area contributed by atoms with E-state index in [-0.39, 0.29) is 6.04 Å². The molecule has 1 aliphatic rings. The number of carbonyl (C=O) groups is 1. The molecule has 2 N–H and O–H groups in total. The standard InChI is InChI=1S/C10H14N2O3/c1-6-11-9(5-15-6)7-3-2-4-8(12-7)10(13)14/h5,7-8,12H,2-4H2,1H3,(H,13,14). The van der Waals surface area contributed by atoms with Crippen molar-refractivity contribution in [3.05, 3.63) is 17.8 Å². The molecular formula is C10H14N2O3. The number of nitrogens with zero attached hydrogens (tertiary/aromatic N) is 1. The molecular weight excluding hydrogens is 196 g/mol. The first kappa shape index (κ1) is 10.2. The summed E-state index contributed by atoms with van der Waals surface area (Å²) in [5.41, 5.74) is 0.804. The normalized spacial score (nSPS) is 26.5. The van der Waals surface area contributed by atoms with Gasteiger partial charge in [-0.25, -0.2) is 4.98 Å². The molecule has 0 radical (unpaired) electrons. The maximum absolute atomic E-state index is 10.8. The fourth-order valence-corrected chi connectivity index (χ4v) is 1.90. The van der Waals surface area contributed by atoms with E-state index in [4.69, 9.17) is 9.52 Å². The molecule has 1 fully saturated rings. The molecule has 1 saturated heterocycles. The fraction of sp³-hybridized carbons (Fsp3) is 0.600. The Morgan fingerprint density at radius 3 is 3.07 bits per heavy atom. The van der Waals surface area contributed by atoms with Crippen molar-refractivity contribution in [3.63, 3.8) is 0 Å². The van der Waals surface area contributed by atoms with Crippen molar-refractivity contribution < 1.29 is 14.3 Å². The van der Waals surface area contributed by atoms with E-state index < -0.39 is 12.0 Å². The summed E-state index contributed by atoms with van der Waals surface area (Å²) in [6.07, 6.45) is 4.09. The monoisotopic (exact) mass is 210 g/mol. The summed E-state index contributed by atoms with van der Waals surface area (Å²) in [5, 5.41) is 12.0. The van der Waals surface area contributed by atoms with Gasteiger partial charge < -0.3 is 9.52 Å². The van der Waals surface area contributed by atoms with Crippen molar-refractivity contribution in [3.8, 4) is 0 Å². The molecule has 5 nitrogen and oxygen atoms in total. The highest BCUT2D eigenvalue weighted by Gasteiger charge is 2.28. The highest BCUT2D eigenvalue weighted by Crippen LogP contribution is 2.24. The topological polar surface area (TPSA) is 75.4 Å². The lowest BCUT2D eigenvalue weighted by Crippen LogP contribution is -2.42. The van der Waals surface area contributed by atoms with Gasteiger partial charge in [-0.05, 0) is 19.3 Å². The van der Waals surface area contributed by atoms with Gasteiger partial charge in [0.25, 0.3) is 0 Å². The number of oxazole rings is 1. The average Bonchev–Trinajstić information content (AvgIpc) is 2.65. The van der Waals surface area contributed by atoms with Crippen molar-refractivity contribution in [2.24, 2.45) is 0 Å². The largest absolute Gasteiger partial charge is 0.480 e. The van der Waals surface area contributed by atoms with Gasteiger partial charge in [0.2, 0.25) is 0 Å². The molecule has 82 valence electrons. The van der Waals surface area contributed by atoms with Crippen LogP contribution in [0.25, 0.3) is 0 Å². The Kier molecular flexibility index (Phi) is 2.73. The fourth-order valence-electron chi connectivity index (χ4n) is 1.90. The molecule has 0 aromatic carbocycles. The lowest BCUT2D eigenvalue weighted by atomic mass is 9.97. The maximum atomic E-state index is 10.8. The number of rotatable bonds is 2. The van der Waals surface area contributed by atoms with Gasteiger partial charge in [0.05, 0.1) is 11.7 Å². The first-order chi connectivity index (χ1) is 7.16. The van der Waals surface area contributed by atoms with Crippen molar-refractivity contribution in [2.45, 2.75) is 38.3 Å². The molecule has 0 amide bonds. The van der Waals surface area contributed by atoms with Crippen molar-refractivity contribution >= 4 is 5.97 Å². The van der Waals surface area contributed by atoms with Crippen LogP contribution in [-0.2, 0) is 4.79 Å². The van der Waals surface area contributed by atoms with E-state index in [1.165, 1.54) is 0 Å². The number of aliphatic carboxylic acids is 1. The van der Waals surface area contributed by atoms with Crippen LogP contribution < -0.4 is 5.32 Å². The number of aryl methyl sites for hydroxylation is 1. The zero-order valence-corrected chi connectivity index (χ0v) is 8.56. The number of hydrogen-bond donors (Lipinski definition) is 2. The minimum absolute atomic E-state index is 0.0114. The van der Waals surface area contributed by atoms with Crippen LogP contribution in [0.15, 0.2) is 10.7 Å². The van der Waals surface area contributed by atoms with E-state index in [1.54, 1.807) is 13.2 Å². The molecule has 1 aromatic rings. The zero-order valence-electron chi connectivity index (χ0n) is 8.56. The highest BCUT2D eigenvalue weighted by atomic mass is 16.4. The van der Waals surface area contributed by atoms with Gasteiger partial charge in [-0.15, -0.1) is 0 Å². The van der Waals surface area contributed by atoms with Crippen LogP contribution in [0.2, 0.25) is 0 Å². The summed E-state index contributed by atoms with van der Waals surface area (Å²) in [7, 11) is 0. The molecule has 1 aliphatic heterocycles. The van der Waals surface area contributed by atoms with E-state index in [1.807, 2.05) is 0 Å². The maximum Gasteiger partial charge on any atom is 0.320 e. The van der Waals surface area contributed by atoms with E-state index >= 15 is 0 Å². The summed E-state index contributed by atoms with van der Waals surface area (Å²) in [4.78, 5) is 15.0. The van der Waals surface area contributed by atoms with Crippen molar-refractivity contribution in [1.82, 2.24) is 10.3 Å². The molecule has 2 atom stereocenters. The van der Waals surface area contributed by atoms with Crippen LogP contribution in [0.4, 0.5) is 0 Å². The van der Waals surface area contributed by atoms with Gasteiger partial charge in [0.1, 0.15) is 12.3 Å². The third kappa shape index (κ3) is 2.18. The van der Waals surface area contributed by atoms with Crippen LogP contribution in [0.1, 0.15) is 36.9 Å². The van der Waals surface area contributed by atoms with Gasteiger partial charge in [0, 0.05) is 6.92 Å². The molecule has 2 rings (SSSR count). The molecule has 0 bridgehead atoms. The Morgan fingerprint density at radius 2 is 2.47 bits per heavy atom. The van der Waals surface area contributed by atoms with Crippen LogP contribution in [0.5, 0.6) is 0 Å². The SMILES string of the molecule is Cc1nc(C2CCCC(C(=O)O)N2)co1. The van der Waals surface area contributed by atoms with Crippen LogP contribution in [0.3, 0.4) is 0 Å². The first-order valence-corrected chi connectivity index (χ1v) is 5.07. The first-order valence-electron chi connectivity index (χ1n) is 5.07. The number of piperidine rings is 1. The molecule has 1 aromatic heterocycles. The van der Waals surface area contributed by atoms with Crippen molar-refractivity contribution in [2.75, 3.05) is 0 Å². The zero-order chi connectivity index (χ0) is 10.8. The van der Waals surface area contributed by atoms with Crippen LogP contribution in [0, 0.1) is 6.92 Å². The van der Waals surface area contributed by atoms with E-state index in [0.29, 0.717) is 12.3 Å². The molecule has 0 spiro atoms. The molecule has 2 unspecified atom stereocenters. The number of carboxylic acid groups (broad SMARTS) is 1. The Balaban J connectivity index is 2.07. The summed E-state index contributed by atoms with van der Waals surface area (Å²) in [6.45, 7) is 1.78. The lowest BCUT2D eigenvalue weighted by Gasteiger charge is -2.26. The number of aromatic nitrogens is 1. The molecule has 15 heavy (non-hydrogen) atoms. The number of hydrogen-bond acceptors (Lipinski definition) is 4. The number of carboxylic acids is 1. The van der Waals surface area contributed by atoms with Gasteiger partial charge in [-0.3, -0.25) is 10.1 Å². The summed E-state index contributed by atoms with van der Waals surface area (Å²) >= 11 is 0. The van der Waals surface area contributed by atoms with E-state index in [0.717, 1.165) is 18.5 Å². The Hall–Kier alpha value is -1.36. The quantitative estimate of drug-likeness (QED) is 0.768. The summed E-state index contributed by atoms with van der Waals surface area (Å²) in [6, 6.07) is -0.446. The average molecular weight is 210 g/mol. The van der Waals surface area contributed by atoms with Gasteiger partial charge in [-0.1, -0.05) is 0 Å². The predicted molar refractivity (Wildman–Crippen MR) is 52.4 cm³/mol. The molecule has 5 heteroatoms. The van der Waals surface area contributed by atoms with Gasteiger partial charge in [-0.2, -0.15) is 0 Å². The minimum atomic E-state index is -0.792. The predicted octanol–water partition coefficient (Wildman–Crippen LogP) is 1.25. The van der Waals surface area contributed by atoms with Gasteiger partial charge in [0.15, 0.2) is 5.89 Å². The molecule has 0 aliphatic carbocycles. The lowest BCUT2D eigenvalue weighted by molar-refractivity contribution is -0.140. The third-order valence-corrected chi connectivity index (χ3v) is 2.68. The minimum Gasteiger partial charge on any atom is -0.480 e. The smallest absolute Gasteiger partial charge is 0.320 e. The second-order valence-electron chi connectivity index (χ2n) is 3.83. The second kappa shape index (κ2) is 4.02. The summed E-state index contributed by atoms with van der Waals surface area (Å²) in [5.74, 6) is -0.177. The van der Waals surface area contributed by atoms with E-state index in [9.17, 15) is 4.79 Å². The summed E-state index contributed by atoms with van der Waals surface area (Å²) < 4.78 is 5.11. The van der Waals surface area contributed by atoms with Gasteiger partial charge >= 0.3 is 5.97 Å². The van der Waals surface area contributed by atoms with Crippen LogP contribution in [-0.4, -0.2) is 22.1 Å². The number of nitrogens with one attached hydrogen (secondary N) is 1. The van der Waals surface area contributed by atoms with Crippen LogP contribution >= 0.6 is 0 Å².